The van der Waals surface area contributed by atoms with Crippen molar-refractivity contribution in [2.45, 2.75) is 19.3 Å². The van der Waals surface area contributed by atoms with Crippen LogP contribution >= 0.6 is 0 Å². The van der Waals surface area contributed by atoms with Crippen molar-refractivity contribution in [2.75, 3.05) is 18.4 Å². The van der Waals surface area contributed by atoms with Gasteiger partial charge in [0.15, 0.2) is 0 Å². The van der Waals surface area contributed by atoms with E-state index in [0.717, 1.165) is 17.7 Å². The Bertz CT molecular complexity index is 1060. The summed E-state index contributed by atoms with van der Waals surface area (Å²) >= 11 is 0. The number of carbonyl (C=O) groups excluding carboxylic acids is 2. The van der Waals surface area contributed by atoms with Crippen LogP contribution < -0.4 is 5.32 Å². The van der Waals surface area contributed by atoms with Gasteiger partial charge in [-0.3, -0.25) is 14.6 Å². The molecule has 2 amide bonds. The standard InChI is InChI=1S/C27H27N3O2/c31-26(11-8-21-4-2-1-3-5-21)30-18-14-24(15-19-30)27(32)29-25-9-6-22(7-10-25)20-23-12-16-28-17-13-23/h1-13,16-17,24H,14-15,18-20H2,(H,29,32)/b11-8+. The summed E-state index contributed by atoms with van der Waals surface area (Å²) in [7, 11) is 0. The summed E-state index contributed by atoms with van der Waals surface area (Å²) in [5, 5.41) is 3.03. The number of hydrogen-bond donors (Lipinski definition) is 1. The third-order valence-corrected chi connectivity index (χ3v) is 5.77. The molecule has 2 heterocycles. The SMILES string of the molecule is O=C(Nc1ccc(Cc2ccncc2)cc1)C1CCN(C(=O)/C=C/c2ccccc2)CC1. The number of piperidine rings is 1. The summed E-state index contributed by atoms with van der Waals surface area (Å²) < 4.78 is 0. The Morgan fingerprint density at radius 3 is 2.25 bits per heavy atom. The first-order valence-corrected chi connectivity index (χ1v) is 11.0. The van der Waals surface area contributed by atoms with Crippen molar-refractivity contribution in [1.29, 1.82) is 0 Å². The van der Waals surface area contributed by atoms with Gasteiger partial charge in [-0.05, 0) is 66.3 Å². The molecule has 5 nitrogen and oxygen atoms in total. The smallest absolute Gasteiger partial charge is 0.246 e. The molecule has 0 spiro atoms. The van der Waals surface area contributed by atoms with Gasteiger partial charge in [0.25, 0.3) is 0 Å². The molecule has 0 bridgehead atoms. The second kappa shape index (κ2) is 10.5. The molecule has 1 fully saturated rings. The number of anilines is 1. The number of benzene rings is 2. The number of amides is 2. The lowest BCUT2D eigenvalue weighted by molar-refractivity contribution is -0.130. The fraction of sp³-hybridized carbons (Fsp3) is 0.222. The van der Waals surface area contributed by atoms with Gasteiger partial charge < -0.3 is 10.2 Å². The first kappa shape index (κ1) is 21.5. The highest BCUT2D eigenvalue weighted by atomic mass is 16.2. The molecule has 4 rings (SSSR count). The lowest BCUT2D eigenvalue weighted by Crippen LogP contribution is -2.40. The van der Waals surface area contributed by atoms with Crippen molar-refractivity contribution in [3.63, 3.8) is 0 Å². The van der Waals surface area contributed by atoms with Gasteiger partial charge in [-0.2, -0.15) is 0 Å². The molecular formula is C27H27N3O2. The van der Waals surface area contributed by atoms with Crippen LogP contribution in [0.1, 0.15) is 29.5 Å². The van der Waals surface area contributed by atoms with E-state index in [4.69, 9.17) is 0 Å². The minimum Gasteiger partial charge on any atom is -0.339 e. The van der Waals surface area contributed by atoms with E-state index in [2.05, 4.69) is 10.3 Å². The van der Waals surface area contributed by atoms with E-state index in [-0.39, 0.29) is 17.7 Å². The molecule has 1 N–H and O–H groups in total. The Hall–Kier alpha value is -3.73. The quantitative estimate of drug-likeness (QED) is 0.589. The number of nitrogens with one attached hydrogen (secondary N) is 1. The van der Waals surface area contributed by atoms with E-state index < -0.39 is 0 Å². The lowest BCUT2D eigenvalue weighted by atomic mass is 9.95. The molecule has 0 atom stereocenters. The fourth-order valence-corrected chi connectivity index (χ4v) is 3.89. The van der Waals surface area contributed by atoms with Crippen molar-refractivity contribution in [3.05, 3.63) is 102 Å². The van der Waals surface area contributed by atoms with E-state index in [1.54, 1.807) is 18.5 Å². The highest BCUT2D eigenvalue weighted by molar-refractivity contribution is 5.94. The van der Waals surface area contributed by atoms with Crippen LogP contribution in [-0.4, -0.2) is 34.8 Å². The monoisotopic (exact) mass is 425 g/mol. The van der Waals surface area contributed by atoms with Crippen molar-refractivity contribution in [3.8, 4) is 0 Å². The zero-order valence-corrected chi connectivity index (χ0v) is 18.0. The summed E-state index contributed by atoms with van der Waals surface area (Å²) in [6, 6.07) is 21.7. The molecule has 162 valence electrons. The molecule has 3 aromatic rings. The number of hydrogen-bond acceptors (Lipinski definition) is 3. The Kier molecular flexibility index (Phi) is 7.08. The van der Waals surface area contributed by atoms with Crippen LogP contribution in [0.15, 0.2) is 85.2 Å². The Labute approximate surface area is 188 Å². The molecule has 0 saturated carbocycles. The molecule has 1 aliphatic heterocycles. The van der Waals surface area contributed by atoms with Crippen LogP contribution in [-0.2, 0) is 16.0 Å². The molecule has 32 heavy (non-hydrogen) atoms. The fourth-order valence-electron chi connectivity index (χ4n) is 3.89. The normalized spacial score (nSPS) is 14.4. The molecule has 0 unspecified atom stereocenters. The molecule has 1 aliphatic rings. The van der Waals surface area contributed by atoms with E-state index >= 15 is 0 Å². The highest BCUT2D eigenvalue weighted by Crippen LogP contribution is 2.21. The topological polar surface area (TPSA) is 62.3 Å². The van der Waals surface area contributed by atoms with Crippen LogP contribution in [0.25, 0.3) is 6.08 Å². The Morgan fingerprint density at radius 1 is 0.906 bits per heavy atom. The third kappa shape index (κ3) is 5.91. The highest BCUT2D eigenvalue weighted by Gasteiger charge is 2.26. The molecule has 2 aromatic carbocycles. The minimum atomic E-state index is -0.0753. The summed E-state index contributed by atoms with van der Waals surface area (Å²) in [6.45, 7) is 1.20. The Balaban J connectivity index is 1.24. The molecule has 1 saturated heterocycles. The first-order chi connectivity index (χ1) is 15.7. The first-order valence-electron chi connectivity index (χ1n) is 11.0. The predicted molar refractivity (Wildman–Crippen MR) is 127 cm³/mol. The molecule has 0 aliphatic carbocycles. The van der Waals surface area contributed by atoms with Crippen molar-refractivity contribution in [1.82, 2.24) is 9.88 Å². The molecule has 1 aromatic heterocycles. The Morgan fingerprint density at radius 2 is 1.56 bits per heavy atom. The van der Waals surface area contributed by atoms with Crippen LogP contribution in [0.4, 0.5) is 5.69 Å². The van der Waals surface area contributed by atoms with E-state index in [1.165, 1.54) is 11.1 Å². The number of aromatic nitrogens is 1. The van der Waals surface area contributed by atoms with Gasteiger partial charge in [0.2, 0.25) is 11.8 Å². The molecular weight excluding hydrogens is 398 g/mol. The van der Waals surface area contributed by atoms with E-state index in [0.29, 0.717) is 25.9 Å². The van der Waals surface area contributed by atoms with Gasteiger partial charge in [-0.15, -0.1) is 0 Å². The maximum Gasteiger partial charge on any atom is 0.246 e. The maximum atomic E-state index is 12.7. The predicted octanol–water partition coefficient (Wildman–Crippen LogP) is 4.56. The van der Waals surface area contributed by atoms with Gasteiger partial charge in [-0.1, -0.05) is 42.5 Å². The molecule has 0 radical (unpaired) electrons. The molecule has 5 heteroatoms. The number of nitrogens with zero attached hydrogens (tertiary/aromatic N) is 2. The zero-order valence-electron chi connectivity index (χ0n) is 18.0. The van der Waals surface area contributed by atoms with Gasteiger partial charge in [0.1, 0.15) is 0 Å². The summed E-state index contributed by atoms with van der Waals surface area (Å²) in [5.74, 6) is -0.0510. The second-order valence-corrected chi connectivity index (χ2v) is 8.06. The van der Waals surface area contributed by atoms with Crippen LogP contribution in [0, 0.1) is 5.92 Å². The average Bonchev–Trinajstić information content (AvgIpc) is 2.85. The van der Waals surface area contributed by atoms with Gasteiger partial charge in [0.05, 0.1) is 0 Å². The van der Waals surface area contributed by atoms with Crippen molar-refractivity contribution >= 4 is 23.6 Å². The van der Waals surface area contributed by atoms with Crippen LogP contribution in [0.5, 0.6) is 0 Å². The zero-order chi connectivity index (χ0) is 22.2. The largest absolute Gasteiger partial charge is 0.339 e. The number of pyridine rings is 1. The minimum absolute atomic E-state index is 0.00232. The van der Waals surface area contributed by atoms with Crippen molar-refractivity contribution in [2.24, 2.45) is 5.92 Å². The van der Waals surface area contributed by atoms with Gasteiger partial charge in [-0.25, -0.2) is 0 Å². The maximum absolute atomic E-state index is 12.7. The summed E-state index contributed by atoms with van der Waals surface area (Å²) in [6.07, 6.45) is 9.23. The summed E-state index contributed by atoms with van der Waals surface area (Å²) in [4.78, 5) is 31.0. The average molecular weight is 426 g/mol. The van der Waals surface area contributed by atoms with Crippen molar-refractivity contribution < 1.29 is 9.59 Å². The third-order valence-electron chi connectivity index (χ3n) is 5.77. The van der Waals surface area contributed by atoms with Gasteiger partial charge >= 0.3 is 0 Å². The van der Waals surface area contributed by atoms with Crippen LogP contribution in [0.2, 0.25) is 0 Å². The van der Waals surface area contributed by atoms with E-state index in [9.17, 15) is 9.59 Å². The van der Waals surface area contributed by atoms with Gasteiger partial charge in [0, 0.05) is 43.2 Å². The van der Waals surface area contributed by atoms with E-state index in [1.807, 2.05) is 77.7 Å². The lowest BCUT2D eigenvalue weighted by Gasteiger charge is -2.30. The van der Waals surface area contributed by atoms with Crippen LogP contribution in [0.3, 0.4) is 0 Å². The number of rotatable bonds is 6. The summed E-state index contributed by atoms with van der Waals surface area (Å²) in [5.41, 5.74) is 4.20. The number of likely N-dealkylation sites (tertiary alicyclic amines) is 1. The second-order valence-electron chi connectivity index (χ2n) is 8.06. The number of carbonyl (C=O) groups is 2.